The second kappa shape index (κ2) is 7.17. The quantitative estimate of drug-likeness (QED) is 0.906. The van der Waals surface area contributed by atoms with Crippen LogP contribution in [0.25, 0.3) is 0 Å². The van der Waals surface area contributed by atoms with Crippen LogP contribution in [-0.4, -0.2) is 41.8 Å². The lowest BCUT2D eigenvalue weighted by molar-refractivity contribution is -0.131. The Bertz CT molecular complexity index is 750. The lowest BCUT2D eigenvalue weighted by Gasteiger charge is -2.26. The Morgan fingerprint density at radius 1 is 1.28 bits per heavy atom. The number of carbonyl (C=O) groups is 1. The molecular weight excluding hydrogens is 318 g/mol. The molecule has 1 N–H and O–H groups in total. The van der Waals surface area contributed by atoms with Gasteiger partial charge >= 0.3 is 0 Å². The number of ether oxygens (including phenoxy) is 2. The lowest BCUT2D eigenvalue weighted by atomic mass is 10.0. The van der Waals surface area contributed by atoms with Crippen LogP contribution < -0.4 is 9.47 Å². The maximum atomic E-state index is 12.9. The van der Waals surface area contributed by atoms with Crippen LogP contribution in [0.15, 0.2) is 18.2 Å². The number of nitrogens with one attached hydrogen (secondary N) is 1. The fourth-order valence-corrected chi connectivity index (χ4v) is 3.56. The number of aryl methyl sites for hydroxylation is 2. The number of rotatable bonds is 5. The summed E-state index contributed by atoms with van der Waals surface area (Å²) < 4.78 is 10.7. The van der Waals surface area contributed by atoms with Crippen molar-refractivity contribution in [1.82, 2.24) is 15.1 Å². The smallest absolute Gasteiger partial charge is 0.227 e. The number of H-pyrrole nitrogens is 1. The van der Waals surface area contributed by atoms with Crippen molar-refractivity contribution in [2.24, 2.45) is 0 Å². The standard InChI is InChI=1S/C19H25N3O3/c1-12-15(13(2)21-20-12)11-19(23)22-9-5-6-16(22)14-7-8-17(24-3)18(10-14)25-4/h7-8,10,16H,5-6,9,11H2,1-4H3,(H,20,21)/t16-/m0/s1. The SMILES string of the molecule is COc1ccc([C@@H]2CCCN2C(=O)Cc2c(C)n[nH]c2C)cc1OC. The van der Waals surface area contributed by atoms with E-state index in [0.29, 0.717) is 17.9 Å². The second-order valence-electron chi connectivity index (χ2n) is 6.45. The van der Waals surface area contributed by atoms with E-state index in [9.17, 15) is 4.79 Å². The zero-order chi connectivity index (χ0) is 18.0. The molecule has 6 nitrogen and oxygen atoms in total. The van der Waals surface area contributed by atoms with Crippen LogP contribution in [0.1, 0.15) is 41.4 Å². The van der Waals surface area contributed by atoms with Crippen molar-refractivity contribution >= 4 is 5.91 Å². The summed E-state index contributed by atoms with van der Waals surface area (Å²) in [5.74, 6) is 1.54. The molecule has 6 heteroatoms. The van der Waals surface area contributed by atoms with Crippen molar-refractivity contribution in [1.29, 1.82) is 0 Å². The first kappa shape index (κ1) is 17.3. The van der Waals surface area contributed by atoms with Crippen molar-refractivity contribution in [2.45, 2.75) is 39.2 Å². The van der Waals surface area contributed by atoms with Gasteiger partial charge in [0.1, 0.15) is 0 Å². The number of hydrogen-bond acceptors (Lipinski definition) is 4. The summed E-state index contributed by atoms with van der Waals surface area (Å²) in [4.78, 5) is 14.9. The molecule has 134 valence electrons. The zero-order valence-electron chi connectivity index (χ0n) is 15.3. The average Bonchev–Trinajstić information content (AvgIpc) is 3.23. The molecule has 0 unspecified atom stereocenters. The first-order valence-corrected chi connectivity index (χ1v) is 8.57. The summed E-state index contributed by atoms with van der Waals surface area (Å²) >= 11 is 0. The van der Waals surface area contributed by atoms with Crippen molar-refractivity contribution in [2.75, 3.05) is 20.8 Å². The van der Waals surface area contributed by atoms with Gasteiger partial charge in [-0.1, -0.05) is 6.07 Å². The molecule has 1 fully saturated rings. The van der Waals surface area contributed by atoms with Gasteiger partial charge in [-0.3, -0.25) is 9.89 Å². The molecule has 2 aromatic rings. The summed E-state index contributed by atoms with van der Waals surface area (Å²) in [7, 11) is 3.25. The Kier molecular flexibility index (Phi) is 4.97. The molecule has 0 aliphatic carbocycles. The van der Waals surface area contributed by atoms with Crippen molar-refractivity contribution < 1.29 is 14.3 Å². The molecule has 3 rings (SSSR count). The van der Waals surface area contributed by atoms with Crippen LogP contribution in [0.3, 0.4) is 0 Å². The molecule has 0 radical (unpaired) electrons. The third kappa shape index (κ3) is 3.34. The van der Waals surface area contributed by atoms with Crippen LogP contribution >= 0.6 is 0 Å². The molecular formula is C19H25N3O3. The molecule has 0 bridgehead atoms. The van der Waals surface area contributed by atoms with Gasteiger partial charge in [0.25, 0.3) is 0 Å². The van der Waals surface area contributed by atoms with Gasteiger partial charge in [0, 0.05) is 17.8 Å². The minimum Gasteiger partial charge on any atom is -0.493 e. The molecule has 1 aromatic carbocycles. The molecule has 25 heavy (non-hydrogen) atoms. The molecule has 1 aliphatic heterocycles. The van der Waals surface area contributed by atoms with Crippen LogP contribution in [-0.2, 0) is 11.2 Å². The first-order valence-electron chi connectivity index (χ1n) is 8.57. The Morgan fingerprint density at radius 3 is 2.68 bits per heavy atom. The van der Waals surface area contributed by atoms with Crippen LogP contribution in [0.4, 0.5) is 0 Å². The fourth-order valence-electron chi connectivity index (χ4n) is 3.56. The maximum Gasteiger partial charge on any atom is 0.227 e. The Labute approximate surface area is 148 Å². The van der Waals surface area contributed by atoms with Gasteiger partial charge in [0.05, 0.1) is 32.4 Å². The summed E-state index contributed by atoms with van der Waals surface area (Å²) in [5, 5.41) is 7.14. The van der Waals surface area contributed by atoms with E-state index in [0.717, 1.165) is 41.9 Å². The number of carbonyl (C=O) groups excluding carboxylic acids is 1. The highest BCUT2D eigenvalue weighted by Gasteiger charge is 2.31. The number of aromatic amines is 1. The summed E-state index contributed by atoms with van der Waals surface area (Å²) in [6.45, 7) is 4.67. The van der Waals surface area contributed by atoms with E-state index in [4.69, 9.17) is 9.47 Å². The van der Waals surface area contributed by atoms with Crippen molar-refractivity contribution in [3.8, 4) is 11.5 Å². The lowest BCUT2D eigenvalue weighted by Crippen LogP contribution is -2.32. The largest absolute Gasteiger partial charge is 0.493 e. The number of likely N-dealkylation sites (tertiary alicyclic amines) is 1. The molecule has 1 aliphatic rings. The van der Waals surface area contributed by atoms with E-state index in [1.54, 1.807) is 14.2 Å². The third-order valence-electron chi connectivity index (χ3n) is 4.97. The minimum atomic E-state index is 0.0832. The van der Waals surface area contributed by atoms with E-state index in [-0.39, 0.29) is 11.9 Å². The van der Waals surface area contributed by atoms with E-state index >= 15 is 0 Å². The molecule has 0 saturated carbocycles. The summed E-state index contributed by atoms with van der Waals surface area (Å²) in [6, 6.07) is 5.98. The van der Waals surface area contributed by atoms with Gasteiger partial charge < -0.3 is 14.4 Å². The highest BCUT2D eigenvalue weighted by molar-refractivity contribution is 5.80. The predicted octanol–water partition coefficient (Wildman–Crippen LogP) is 2.95. The van der Waals surface area contributed by atoms with Gasteiger partial charge in [-0.2, -0.15) is 5.10 Å². The van der Waals surface area contributed by atoms with Crippen molar-refractivity contribution in [3.05, 3.63) is 40.7 Å². The fraction of sp³-hybridized carbons (Fsp3) is 0.474. The number of nitrogens with zero attached hydrogens (tertiary/aromatic N) is 2. The monoisotopic (exact) mass is 343 g/mol. The average molecular weight is 343 g/mol. The zero-order valence-corrected chi connectivity index (χ0v) is 15.3. The van der Waals surface area contributed by atoms with E-state index in [2.05, 4.69) is 10.2 Å². The highest BCUT2D eigenvalue weighted by Crippen LogP contribution is 2.37. The number of methoxy groups -OCH3 is 2. The molecule has 1 atom stereocenters. The Balaban J connectivity index is 1.82. The van der Waals surface area contributed by atoms with Crippen LogP contribution in [0.2, 0.25) is 0 Å². The van der Waals surface area contributed by atoms with Gasteiger partial charge in [-0.25, -0.2) is 0 Å². The van der Waals surface area contributed by atoms with Gasteiger partial charge in [-0.15, -0.1) is 0 Å². The van der Waals surface area contributed by atoms with Gasteiger partial charge in [0.2, 0.25) is 5.91 Å². The van der Waals surface area contributed by atoms with E-state index in [1.807, 2.05) is 36.9 Å². The topological polar surface area (TPSA) is 67.5 Å². The van der Waals surface area contributed by atoms with E-state index < -0.39 is 0 Å². The number of aromatic nitrogens is 2. The van der Waals surface area contributed by atoms with Crippen LogP contribution in [0, 0.1) is 13.8 Å². The first-order chi connectivity index (χ1) is 12.0. The third-order valence-corrected chi connectivity index (χ3v) is 4.97. The van der Waals surface area contributed by atoms with E-state index in [1.165, 1.54) is 0 Å². The molecule has 1 amide bonds. The molecule has 2 heterocycles. The summed E-state index contributed by atoms with van der Waals surface area (Å²) in [5.41, 5.74) is 3.95. The number of hydrogen-bond donors (Lipinski definition) is 1. The van der Waals surface area contributed by atoms with Gasteiger partial charge in [-0.05, 0) is 44.4 Å². The van der Waals surface area contributed by atoms with Crippen LogP contribution in [0.5, 0.6) is 11.5 Å². The van der Waals surface area contributed by atoms with Gasteiger partial charge in [0.15, 0.2) is 11.5 Å². The number of benzene rings is 1. The molecule has 1 aromatic heterocycles. The number of amides is 1. The van der Waals surface area contributed by atoms with Crippen molar-refractivity contribution in [3.63, 3.8) is 0 Å². The Morgan fingerprint density at radius 2 is 2.04 bits per heavy atom. The Hall–Kier alpha value is -2.50. The normalized spacial score (nSPS) is 17.0. The molecule has 1 saturated heterocycles. The predicted molar refractivity (Wildman–Crippen MR) is 95.0 cm³/mol. The maximum absolute atomic E-state index is 12.9. The highest BCUT2D eigenvalue weighted by atomic mass is 16.5. The summed E-state index contributed by atoms with van der Waals surface area (Å²) in [6.07, 6.45) is 2.36. The minimum absolute atomic E-state index is 0.0832. The second-order valence-corrected chi connectivity index (χ2v) is 6.45. The molecule has 0 spiro atoms.